The molecule has 11 heavy (non-hydrogen) atoms. The van der Waals surface area contributed by atoms with E-state index < -0.39 is 11.8 Å². The van der Waals surface area contributed by atoms with Gasteiger partial charge in [-0.15, -0.1) is 0 Å². The minimum absolute atomic E-state index is 0.210. The molecule has 0 N–H and O–H groups in total. The highest BCUT2D eigenvalue weighted by Crippen LogP contribution is 2.36. The molecular weight excluding hydrogens is 148 g/mol. The number of hydrogen-bond acceptors (Lipinski definition) is 1. The molecule has 1 aliphatic carbocycles. The van der Waals surface area contributed by atoms with Gasteiger partial charge in [0, 0.05) is 0 Å². The maximum Gasteiger partial charge on any atom is 0.154 e. The van der Waals surface area contributed by atoms with Gasteiger partial charge >= 0.3 is 0 Å². The maximum absolute atomic E-state index is 13.4. The van der Waals surface area contributed by atoms with Crippen molar-refractivity contribution in [1.82, 2.24) is 0 Å². The average molecular weight is 159 g/mol. The number of alkyl halides is 2. The van der Waals surface area contributed by atoms with Gasteiger partial charge in [-0.05, 0) is 12.8 Å². The lowest BCUT2D eigenvalue weighted by Crippen LogP contribution is -2.37. The molecule has 0 saturated heterocycles. The molecule has 3 heteroatoms. The molecule has 0 aromatic carbocycles. The smallest absolute Gasteiger partial charge is 0.154 e. The van der Waals surface area contributed by atoms with Gasteiger partial charge in [-0.25, -0.2) is 8.78 Å². The first kappa shape index (κ1) is 8.45. The number of halogens is 2. The Labute approximate surface area is 65.0 Å². The van der Waals surface area contributed by atoms with Gasteiger partial charge in [0.1, 0.15) is 6.17 Å². The van der Waals surface area contributed by atoms with Crippen LogP contribution in [0.2, 0.25) is 0 Å². The SMILES string of the molecule is N#CCC1(F)CCCCC1F. The molecule has 0 aliphatic heterocycles. The number of nitrogens with zero attached hydrogens (tertiary/aromatic N) is 1. The Morgan fingerprint density at radius 2 is 2.27 bits per heavy atom. The summed E-state index contributed by atoms with van der Waals surface area (Å²) in [5.74, 6) is 0. The van der Waals surface area contributed by atoms with Crippen LogP contribution in [0.3, 0.4) is 0 Å². The highest BCUT2D eigenvalue weighted by molar-refractivity contribution is 4.97. The van der Waals surface area contributed by atoms with Gasteiger partial charge in [0.15, 0.2) is 5.67 Å². The summed E-state index contributed by atoms with van der Waals surface area (Å²) in [5.41, 5.74) is -1.84. The molecule has 0 aromatic rings. The summed E-state index contributed by atoms with van der Waals surface area (Å²) in [5, 5.41) is 8.24. The molecule has 0 radical (unpaired) electrons. The van der Waals surface area contributed by atoms with Crippen molar-refractivity contribution in [3.63, 3.8) is 0 Å². The van der Waals surface area contributed by atoms with E-state index in [0.717, 1.165) is 6.42 Å². The Balaban J connectivity index is 2.58. The van der Waals surface area contributed by atoms with Gasteiger partial charge < -0.3 is 0 Å². The lowest BCUT2D eigenvalue weighted by molar-refractivity contribution is 0.0165. The molecule has 0 heterocycles. The molecule has 2 atom stereocenters. The van der Waals surface area contributed by atoms with Gasteiger partial charge in [0.2, 0.25) is 0 Å². The van der Waals surface area contributed by atoms with E-state index in [-0.39, 0.29) is 19.3 Å². The van der Waals surface area contributed by atoms with Crippen molar-refractivity contribution in [3.05, 3.63) is 0 Å². The van der Waals surface area contributed by atoms with E-state index in [1.54, 1.807) is 6.07 Å². The topological polar surface area (TPSA) is 23.8 Å². The average Bonchev–Trinajstić information content (AvgIpc) is 1.96. The van der Waals surface area contributed by atoms with Crippen LogP contribution in [0.4, 0.5) is 8.78 Å². The van der Waals surface area contributed by atoms with Crippen LogP contribution in [-0.4, -0.2) is 11.8 Å². The fourth-order valence-corrected chi connectivity index (χ4v) is 1.49. The van der Waals surface area contributed by atoms with Crippen molar-refractivity contribution in [2.45, 2.75) is 43.9 Å². The zero-order valence-electron chi connectivity index (χ0n) is 6.32. The highest BCUT2D eigenvalue weighted by atomic mass is 19.2. The molecule has 1 fully saturated rings. The summed E-state index contributed by atoms with van der Waals surface area (Å²) in [4.78, 5) is 0. The predicted molar refractivity (Wildman–Crippen MR) is 37.4 cm³/mol. The minimum Gasteiger partial charge on any atom is -0.244 e. The zero-order chi connectivity index (χ0) is 8.32. The first-order valence-electron chi connectivity index (χ1n) is 3.89. The van der Waals surface area contributed by atoms with Gasteiger partial charge in [0.05, 0.1) is 12.5 Å². The first-order chi connectivity index (χ1) is 5.19. The third-order valence-electron chi connectivity index (χ3n) is 2.23. The number of rotatable bonds is 1. The summed E-state index contributed by atoms with van der Waals surface area (Å²) in [6, 6.07) is 1.69. The van der Waals surface area contributed by atoms with Crippen LogP contribution in [0.25, 0.3) is 0 Å². The molecule has 0 spiro atoms. The zero-order valence-corrected chi connectivity index (χ0v) is 6.32. The molecular formula is C8H11F2N. The van der Waals surface area contributed by atoms with Gasteiger partial charge in [-0.3, -0.25) is 0 Å². The number of hydrogen-bond donors (Lipinski definition) is 0. The summed E-state index contributed by atoms with van der Waals surface area (Å²) >= 11 is 0. The summed E-state index contributed by atoms with van der Waals surface area (Å²) in [6.07, 6.45) is 0.223. The van der Waals surface area contributed by atoms with Crippen LogP contribution in [0.5, 0.6) is 0 Å². The van der Waals surface area contributed by atoms with E-state index in [0.29, 0.717) is 6.42 Å². The molecule has 1 nitrogen and oxygen atoms in total. The van der Waals surface area contributed by atoms with Crippen molar-refractivity contribution in [3.8, 4) is 6.07 Å². The third-order valence-corrected chi connectivity index (χ3v) is 2.23. The van der Waals surface area contributed by atoms with Gasteiger partial charge in [-0.1, -0.05) is 12.8 Å². The summed E-state index contributed by atoms with van der Waals surface area (Å²) in [6.45, 7) is 0. The summed E-state index contributed by atoms with van der Waals surface area (Å²) in [7, 11) is 0. The van der Waals surface area contributed by atoms with E-state index in [1.165, 1.54) is 0 Å². The van der Waals surface area contributed by atoms with E-state index in [2.05, 4.69) is 0 Å². The molecule has 0 amide bonds. The number of nitriles is 1. The Morgan fingerprint density at radius 1 is 1.55 bits per heavy atom. The van der Waals surface area contributed by atoms with Crippen LogP contribution in [0, 0.1) is 11.3 Å². The third kappa shape index (κ3) is 1.68. The van der Waals surface area contributed by atoms with E-state index >= 15 is 0 Å². The maximum atomic E-state index is 13.4. The lowest BCUT2D eigenvalue weighted by atomic mass is 9.83. The van der Waals surface area contributed by atoms with Crippen molar-refractivity contribution in [1.29, 1.82) is 5.26 Å². The fraction of sp³-hybridized carbons (Fsp3) is 0.875. The van der Waals surface area contributed by atoms with Crippen LogP contribution in [0.15, 0.2) is 0 Å². The molecule has 0 aromatic heterocycles. The van der Waals surface area contributed by atoms with E-state index in [1.807, 2.05) is 0 Å². The van der Waals surface area contributed by atoms with Crippen molar-refractivity contribution >= 4 is 0 Å². The van der Waals surface area contributed by atoms with Crippen LogP contribution in [-0.2, 0) is 0 Å². The second-order valence-electron chi connectivity index (χ2n) is 3.08. The van der Waals surface area contributed by atoms with Crippen LogP contribution >= 0.6 is 0 Å². The Kier molecular flexibility index (Phi) is 2.43. The van der Waals surface area contributed by atoms with Gasteiger partial charge in [0.25, 0.3) is 0 Å². The molecule has 2 unspecified atom stereocenters. The Hall–Kier alpha value is -0.650. The Morgan fingerprint density at radius 3 is 2.82 bits per heavy atom. The predicted octanol–water partition coefficient (Wildman–Crippen LogP) is 2.52. The van der Waals surface area contributed by atoms with Crippen LogP contribution in [0.1, 0.15) is 32.1 Å². The van der Waals surface area contributed by atoms with E-state index in [4.69, 9.17) is 5.26 Å². The summed E-state index contributed by atoms with van der Waals surface area (Å²) < 4.78 is 26.3. The molecule has 62 valence electrons. The fourth-order valence-electron chi connectivity index (χ4n) is 1.49. The van der Waals surface area contributed by atoms with Crippen LogP contribution < -0.4 is 0 Å². The molecule has 1 rings (SSSR count). The molecule has 1 saturated carbocycles. The van der Waals surface area contributed by atoms with Crippen molar-refractivity contribution < 1.29 is 8.78 Å². The monoisotopic (exact) mass is 159 g/mol. The van der Waals surface area contributed by atoms with E-state index in [9.17, 15) is 8.78 Å². The molecule has 0 bridgehead atoms. The highest BCUT2D eigenvalue weighted by Gasteiger charge is 2.41. The molecule has 1 aliphatic rings. The largest absolute Gasteiger partial charge is 0.244 e. The van der Waals surface area contributed by atoms with Crippen molar-refractivity contribution in [2.24, 2.45) is 0 Å². The normalized spacial score (nSPS) is 38.1. The standard InChI is InChI=1S/C8H11F2N/c9-7-3-1-2-4-8(7,10)5-6-11/h7H,1-5H2. The quantitative estimate of drug-likeness (QED) is 0.576. The second kappa shape index (κ2) is 3.17. The van der Waals surface area contributed by atoms with Crippen molar-refractivity contribution in [2.75, 3.05) is 0 Å². The van der Waals surface area contributed by atoms with Gasteiger partial charge in [-0.2, -0.15) is 5.26 Å². The Bertz CT molecular complexity index is 175. The minimum atomic E-state index is -1.84. The first-order valence-corrected chi connectivity index (χ1v) is 3.89. The second-order valence-corrected chi connectivity index (χ2v) is 3.08. The lowest BCUT2D eigenvalue weighted by Gasteiger charge is -2.30.